The number of aliphatic hydroxyl groups excluding tert-OH is 1. The van der Waals surface area contributed by atoms with Crippen LogP contribution in [0.25, 0.3) is 4.98 Å². The molecule has 0 amide bonds. The molecule has 7 heteroatoms. The molecular weight excluding hydrogens is 350 g/mol. The van der Waals surface area contributed by atoms with Crippen molar-refractivity contribution in [2.45, 2.75) is 37.1 Å². The Morgan fingerprint density at radius 3 is 2.38 bits per heavy atom. The van der Waals surface area contributed by atoms with E-state index >= 15 is 0 Å². The van der Waals surface area contributed by atoms with Gasteiger partial charge in [-0.15, -0.1) is 0 Å². The Morgan fingerprint density at radius 1 is 1.15 bits per heavy atom. The zero-order valence-corrected chi connectivity index (χ0v) is 15.4. The van der Waals surface area contributed by atoms with Crippen LogP contribution in [0.5, 0.6) is 0 Å². The van der Waals surface area contributed by atoms with Crippen LogP contribution in [0.4, 0.5) is 5.69 Å². The molecule has 1 aliphatic rings. The zero-order valence-electron chi connectivity index (χ0n) is 14.6. The highest BCUT2D eigenvalue weighted by atomic mass is 32.2. The Hall–Kier alpha value is -2.85. The van der Waals surface area contributed by atoms with Crippen LogP contribution in [0.15, 0.2) is 70.4 Å². The van der Waals surface area contributed by atoms with E-state index in [1.54, 1.807) is 23.1 Å². The SMILES string of the molecule is CC[C@H]1[C@@H](C)c2ccccc2N1/C(O)=C(\[N+]#N)S(=O)(=O)c1ccccc1. The van der Waals surface area contributed by atoms with Crippen molar-refractivity contribution < 1.29 is 13.5 Å². The first kappa shape index (κ1) is 18.0. The first-order valence-electron chi connectivity index (χ1n) is 8.40. The molecule has 1 N–H and O–H groups in total. The highest BCUT2D eigenvalue weighted by Gasteiger charge is 2.45. The summed E-state index contributed by atoms with van der Waals surface area (Å²) in [5.41, 5.74) is 1.73. The summed E-state index contributed by atoms with van der Waals surface area (Å²) >= 11 is 0. The standard InChI is InChI=1S/C19H19N3O3S/c1-3-16-13(2)15-11-7-8-12-17(15)22(16)19(23)18(21-20)26(24,25)14-9-5-4-6-10-14/h4-13,16H,3H2,1-2H3/p+1/b19-18-/t13-,16-/m0/s1. The number of diazo groups is 1. The van der Waals surface area contributed by atoms with E-state index in [2.05, 4.69) is 4.98 Å². The number of aliphatic hydroxyl groups is 1. The van der Waals surface area contributed by atoms with Crippen molar-refractivity contribution >= 4 is 15.5 Å². The van der Waals surface area contributed by atoms with E-state index in [-0.39, 0.29) is 16.9 Å². The Balaban J connectivity index is 2.19. The molecule has 1 aliphatic heterocycles. The van der Waals surface area contributed by atoms with Crippen LogP contribution < -0.4 is 4.90 Å². The molecule has 0 radical (unpaired) electrons. The maximum atomic E-state index is 12.9. The smallest absolute Gasteiger partial charge is 0.488 e. The molecule has 0 aliphatic carbocycles. The van der Waals surface area contributed by atoms with Crippen molar-refractivity contribution in [2.24, 2.45) is 0 Å². The van der Waals surface area contributed by atoms with Crippen molar-refractivity contribution in [1.82, 2.24) is 0 Å². The number of benzene rings is 2. The molecule has 6 nitrogen and oxygen atoms in total. The molecular formula is C19H20N3O3S+. The molecule has 0 aromatic heterocycles. The second kappa shape index (κ2) is 6.81. The molecule has 2 aromatic rings. The summed E-state index contributed by atoms with van der Waals surface area (Å²) in [4.78, 5) is 4.45. The third kappa shape index (κ3) is 2.72. The number of rotatable bonds is 4. The van der Waals surface area contributed by atoms with Gasteiger partial charge in [-0.25, -0.2) is 8.42 Å². The van der Waals surface area contributed by atoms with Crippen LogP contribution in [0, 0.1) is 5.39 Å². The van der Waals surface area contributed by atoms with Crippen LogP contribution in [0.3, 0.4) is 0 Å². The molecule has 134 valence electrons. The average molecular weight is 370 g/mol. The fraction of sp³-hybridized carbons (Fsp3) is 0.263. The molecule has 0 fully saturated rings. The Labute approximate surface area is 152 Å². The summed E-state index contributed by atoms with van der Waals surface area (Å²) in [6.07, 6.45) is 0.685. The molecule has 0 bridgehead atoms. The average Bonchev–Trinajstić information content (AvgIpc) is 2.95. The third-order valence-electron chi connectivity index (χ3n) is 4.83. The monoisotopic (exact) mass is 370 g/mol. The van der Waals surface area contributed by atoms with E-state index in [1.165, 1.54) is 12.1 Å². The number of sulfone groups is 1. The first-order valence-corrected chi connectivity index (χ1v) is 9.88. The van der Waals surface area contributed by atoms with Gasteiger partial charge in [0.15, 0.2) is 4.98 Å². The van der Waals surface area contributed by atoms with Crippen molar-refractivity contribution in [1.29, 1.82) is 5.39 Å². The third-order valence-corrected chi connectivity index (χ3v) is 6.50. The van der Waals surface area contributed by atoms with Gasteiger partial charge in [-0.1, -0.05) is 50.2 Å². The minimum atomic E-state index is -4.17. The second-order valence-corrected chi connectivity index (χ2v) is 8.10. The lowest BCUT2D eigenvalue weighted by molar-refractivity contribution is 0.366. The van der Waals surface area contributed by atoms with E-state index in [0.29, 0.717) is 12.1 Å². The molecule has 0 saturated heterocycles. The lowest BCUT2D eigenvalue weighted by Crippen LogP contribution is -2.33. The van der Waals surface area contributed by atoms with Crippen LogP contribution in [-0.2, 0) is 9.84 Å². The summed E-state index contributed by atoms with van der Waals surface area (Å²) in [6, 6.07) is 15.0. The van der Waals surface area contributed by atoms with Crippen molar-refractivity contribution in [3.05, 3.63) is 76.0 Å². The predicted molar refractivity (Wildman–Crippen MR) is 99.8 cm³/mol. The van der Waals surface area contributed by atoms with Crippen molar-refractivity contribution in [3.8, 4) is 0 Å². The maximum absolute atomic E-state index is 12.9. The van der Waals surface area contributed by atoms with E-state index in [9.17, 15) is 18.9 Å². The lowest BCUT2D eigenvalue weighted by atomic mass is 9.96. The quantitative estimate of drug-likeness (QED) is 0.637. The van der Waals surface area contributed by atoms with Gasteiger partial charge in [-0.2, -0.15) is 0 Å². The van der Waals surface area contributed by atoms with Gasteiger partial charge in [-0.3, -0.25) is 0 Å². The predicted octanol–water partition coefficient (Wildman–Crippen LogP) is 4.40. The van der Waals surface area contributed by atoms with Crippen LogP contribution >= 0.6 is 0 Å². The molecule has 2 aromatic carbocycles. The molecule has 1 heterocycles. The van der Waals surface area contributed by atoms with Crippen LogP contribution in [-0.4, -0.2) is 19.6 Å². The van der Waals surface area contributed by atoms with Gasteiger partial charge in [0, 0.05) is 17.6 Å². The lowest BCUT2D eigenvalue weighted by Gasteiger charge is -2.25. The molecule has 0 saturated carbocycles. The van der Waals surface area contributed by atoms with E-state index in [1.807, 2.05) is 38.1 Å². The number of hydrogen-bond acceptors (Lipinski definition) is 5. The summed E-state index contributed by atoms with van der Waals surface area (Å²) in [7, 11) is -4.17. The Morgan fingerprint density at radius 2 is 1.77 bits per heavy atom. The molecule has 0 unspecified atom stereocenters. The van der Waals surface area contributed by atoms with Gasteiger partial charge in [-0.05, 0) is 30.2 Å². The Kier molecular flexibility index (Phi) is 4.70. The van der Waals surface area contributed by atoms with Crippen molar-refractivity contribution in [2.75, 3.05) is 4.90 Å². The molecule has 0 spiro atoms. The highest BCUT2D eigenvalue weighted by Crippen LogP contribution is 2.44. The van der Waals surface area contributed by atoms with Gasteiger partial charge >= 0.3 is 10.9 Å². The summed E-state index contributed by atoms with van der Waals surface area (Å²) in [5, 5.41) is 19.5. The number of hydrogen-bond donors (Lipinski definition) is 1. The molecule has 26 heavy (non-hydrogen) atoms. The normalized spacial score (nSPS) is 20.3. The summed E-state index contributed by atoms with van der Waals surface area (Å²) in [6.45, 7) is 4.00. The summed E-state index contributed by atoms with van der Waals surface area (Å²) in [5.74, 6) is -0.474. The molecule has 2 atom stereocenters. The maximum Gasteiger partial charge on any atom is 0.538 e. The van der Waals surface area contributed by atoms with Crippen LogP contribution in [0.2, 0.25) is 0 Å². The number of nitrogens with zero attached hydrogens (tertiary/aromatic N) is 3. The largest absolute Gasteiger partial charge is 0.538 e. The van der Waals surface area contributed by atoms with Gasteiger partial charge in [0.2, 0.25) is 5.39 Å². The zero-order chi connectivity index (χ0) is 18.9. The minimum absolute atomic E-state index is 0.0482. The fourth-order valence-electron chi connectivity index (χ4n) is 3.54. The van der Waals surface area contributed by atoms with Crippen LogP contribution in [0.1, 0.15) is 31.7 Å². The fourth-order valence-corrected chi connectivity index (χ4v) is 4.73. The number of fused-ring (bicyclic) bond motifs is 1. The van der Waals surface area contributed by atoms with E-state index < -0.39 is 20.7 Å². The Bertz CT molecular complexity index is 994. The van der Waals surface area contributed by atoms with E-state index in [0.717, 1.165) is 5.56 Å². The van der Waals surface area contributed by atoms with E-state index in [4.69, 9.17) is 0 Å². The first-order chi connectivity index (χ1) is 12.4. The van der Waals surface area contributed by atoms with Gasteiger partial charge < -0.3 is 10.0 Å². The summed E-state index contributed by atoms with van der Waals surface area (Å²) < 4.78 is 25.7. The highest BCUT2D eigenvalue weighted by molar-refractivity contribution is 7.95. The van der Waals surface area contributed by atoms with Gasteiger partial charge in [0.1, 0.15) is 0 Å². The molecule has 3 rings (SSSR count). The number of para-hydroxylation sites is 1. The van der Waals surface area contributed by atoms with Gasteiger partial charge in [0.25, 0.3) is 9.84 Å². The topological polar surface area (TPSA) is 85.8 Å². The number of anilines is 1. The second-order valence-electron chi connectivity index (χ2n) is 6.24. The minimum Gasteiger partial charge on any atom is -0.488 e. The van der Waals surface area contributed by atoms with Crippen molar-refractivity contribution in [3.63, 3.8) is 0 Å². The van der Waals surface area contributed by atoms with Gasteiger partial charge in [0.05, 0.1) is 4.90 Å².